The van der Waals surface area contributed by atoms with Crippen LogP contribution in [-0.4, -0.2) is 11.4 Å². The Kier molecular flexibility index (Phi) is 2.65. The molecule has 0 bridgehead atoms. The molecule has 0 aliphatic heterocycles. The van der Waals surface area contributed by atoms with Crippen molar-refractivity contribution in [3.63, 3.8) is 0 Å². The molecule has 0 aliphatic rings. The monoisotopic (exact) mass is 214 g/mol. The summed E-state index contributed by atoms with van der Waals surface area (Å²) in [7, 11) is 0. The molecule has 0 aromatic heterocycles. The van der Waals surface area contributed by atoms with E-state index in [2.05, 4.69) is 15.9 Å². The molecular weight excluding hydrogens is 208 g/mol. The minimum atomic E-state index is 0.215. The predicted octanol–water partition coefficient (Wildman–Crippen LogP) is 2.10. The summed E-state index contributed by atoms with van der Waals surface area (Å²) in [5.41, 5.74) is 1.31. The molecule has 0 aliphatic carbocycles. The van der Waals surface area contributed by atoms with E-state index in [0.29, 0.717) is 10.9 Å². The number of phenols is 1. The molecule has 0 spiro atoms. The summed E-state index contributed by atoms with van der Waals surface area (Å²) in [6, 6.07) is 4.74. The van der Waals surface area contributed by atoms with E-state index >= 15 is 0 Å². The van der Waals surface area contributed by atoms with Gasteiger partial charge in [-0.1, -0.05) is 15.9 Å². The van der Waals surface area contributed by atoms with Crippen LogP contribution in [0.5, 0.6) is 5.75 Å². The van der Waals surface area contributed by atoms with Gasteiger partial charge in [0.05, 0.1) is 0 Å². The number of aromatic hydroxyl groups is 1. The lowest BCUT2D eigenvalue weighted by atomic mass is 10.1. The van der Waals surface area contributed by atoms with Crippen molar-refractivity contribution in [1.29, 1.82) is 0 Å². The molecule has 1 rings (SSSR count). The molecule has 0 heterocycles. The fourth-order valence-corrected chi connectivity index (χ4v) is 1.23. The van der Waals surface area contributed by atoms with E-state index < -0.39 is 0 Å². The summed E-state index contributed by atoms with van der Waals surface area (Å²) >= 11 is 3.20. The maximum Gasteiger partial charge on any atom is 0.150 e. The largest absolute Gasteiger partial charge is 0.508 e. The highest BCUT2D eigenvalue weighted by atomic mass is 79.9. The number of rotatable bonds is 2. The van der Waals surface area contributed by atoms with Crippen LogP contribution in [-0.2, 0) is 5.33 Å². The number of phenolic OH excluding ortho intramolecular Hbond substituents is 1. The Balaban J connectivity index is 3.12. The minimum Gasteiger partial charge on any atom is -0.508 e. The highest BCUT2D eigenvalue weighted by Gasteiger charge is 1.99. The van der Waals surface area contributed by atoms with Crippen LogP contribution in [0, 0.1) is 0 Å². The normalized spacial score (nSPS) is 9.55. The number of alkyl halides is 1. The third-order valence-corrected chi connectivity index (χ3v) is 1.99. The average molecular weight is 215 g/mol. The molecule has 3 heteroatoms. The van der Waals surface area contributed by atoms with Crippen LogP contribution in [0.4, 0.5) is 0 Å². The summed E-state index contributed by atoms with van der Waals surface area (Å²) in [6.45, 7) is 0. The molecule has 0 saturated heterocycles. The van der Waals surface area contributed by atoms with Crippen molar-refractivity contribution >= 4 is 22.2 Å². The summed E-state index contributed by atoms with van der Waals surface area (Å²) in [4.78, 5) is 10.3. The van der Waals surface area contributed by atoms with Gasteiger partial charge in [-0.25, -0.2) is 0 Å². The first-order valence-electron chi connectivity index (χ1n) is 3.11. The zero-order valence-electron chi connectivity index (χ0n) is 5.75. The quantitative estimate of drug-likeness (QED) is 0.605. The summed E-state index contributed by atoms with van der Waals surface area (Å²) in [5.74, 6) is 0.215. The van der Waals surface area contributed by atoms with Gasteiger partial charge in [0.1, 0.15) is 12.0 Å². The Bertz CT molecular complexity index is 271. The molecule has 0 radical (unpaired) electrons. The zero-order chi connectivity index (χ0) is 8.27. The maximum absolute atomic E-state index is 10.3. The predicted molar refractivity (Wildman–Crippen MR) is 46.1 cm³/mol. The van der Waals surface area contributed by atoms with Gasteiger partial charge in [-0.05, 0) is 18.2 Å². The standard InChI is InChI=1S/C8H7BrO2/c9-4-7-3-6(5-10)1-2-8(7)11/h1-3,5,11H,4H2. The number of benzene rings is 1. The first kappa shape index (κ1) is 8.27. The Morgan fingerprint density at radius 2 is 2.27 bits per heavy atom. The molecule has 2 nitrogen and oxygen atoms in total. The Morgan fingerprint density at radius 3 is 2.82 bits per heavy atom. The van der Waals surface area contributed by atoms with Crippen LogP contribution in [0.1, 0.15) is 15.9 Å². The van der Waals surface area contributed by atoms with E-state index in [9.17, 15) is 9.90 Å². The molecule has 1 N–H and O–H groups in total. The van der Waals surface area contributed by atoms with E-state index in [4.69, 9.17) is 0 Å². The van der Waals surface area contributed by atoms with Gasteiger partial charge in [0, 0.05) is 16.5 Å². The molecule has 0 saturated carbocycles. The van der Waals surface area contributed by atoms with Gasteiger partial charge in [-0.2, -0.15) is 0 Å². The van der Waals surface area contributed by atoms with Crippen molar-refractivity contribution in [2.45, 2.75) is 5.33 Å². The van der Waals surface area contributed by atoms with Gasteiger partial charge >= 0.3 is 0 Å². The lowest BCUT2D eigenvalue weighted by molar-refractivity contribution is 0.112. The summed E-state index contributed by atoms with van der Waals surface area (Å²) in [5, 5.41) is 9.74. The van der Waals surface area contributed by atoms with Crippen molar-refractivity contribution in [3.8, 4) is 5.75 Å². The number of carbonyl (C=O) groups is 1. The van der Waals surface area contributed by atoms with Gasteiger partial charge in [-0.3, -0.25) is 4.79 Å². The molecule has 0 fully saturated rings. The molecule has 0 unspecified atom stereocenters. The lowest BCUT2D eigenvalue weighted by Crippen LogP contribution is -1.83. The molecule has 1 aromatic rings. The van der Waals surface area contributed by atoms with Crippen molar-refractivity contribution in [1.82, 2.24) is 0 Å². The second-order valence-corrected chi connectivity index (χ2v) is 2.70. The van der Waals surface area contributed by atoms with Crippen LogP contribution >= 0.6 is 15.9 Å². The van der Waals surface area contributed by atoms with E-state index in [-0.39, 0.29) is 5.75 Å². The Morgan fingerprint density at radius 1 is 1.55 bits per heavy atom. The van der Waals surface area contributed by atoms with Gasteiger partial charge in [-0.15, -0.1) is 0 Å². The third-order valence-electron chi connectivity index (χ3n) is 1.38. The minimum absolute atomic E-state index is 0.215. The average Bonchev–Trinajstić information content (AvgIpc) is 2.05. The molecular formula is C8H7BrO2. The first-order valence-corrected chi connectivity index (χ1v) is 4.23. The lowest BCUT2D eigenvalue weighted by Gasteiger charge is -1.99. The van der Waals surface area contributed by atoms with Crippen LogP contribution in [0.15, 0.2) is 18.2 Å². The summed E-state index contributed by atoms with van der Waals surface area (Å²) < 4.78 is 0. The van der Waals surface area contributed by atoms with Gasteiger partial charge in [0.25, 0.3) is 0 Å². The zero-order valence-corrected chi connectivity index (χ0v) is 7.34. The van der Waals surface area contributed by atoms with Crippen molar-refractivity contribution in [3.05, 3.63) is 29.3 Å². The molecule has 1 aromatic carbocycles. The molecule has 0 amide bonds. The first-order chi connectivity index (χ1) is 5.27. The van der Waals surface area contributed by atoms with Gasteiger partial charge in [0.2, 0.25) is 0 Å². The maximum atomic E-state index is 10.3. The van der Waals surface area contributed by atoms with Gasteiger partial charge < -0.3 is 5.11 Å². The fraction of sp³-hybridized carbons (Fsp3) is 0.125. The van der Waals surface area contributed by atoms with E-state index in [1.807, 2.05) is 0 Å². The highest BCUT2D eigenvalue weighted by Crippen LogP contribution is 2.19. The number of hydrogen-bond donors (Lipinski definition) is 1. The number of aldehydes is 1. The van der Waals surface area contributed by atoms with Crippen LogP contribution in [0.2, 0.25) is 0 Å². The van der Waals surface area contributed by atoms with E-state index in [1.54, 1.807) is 12.1 Å². The molecule has 0 atom stereocenters. The highest BCUT2D eigenvalue weighted by molar-refractivity contribution is 9.08. The number of halogens is 1. The van der Waals surface area contributed by atoms with Crippen LogP contribution < -0.4 is 0 Å². The van der Waals surface area contributed by atoms with Crippen molar-refractivity contribution in [2.24, 2.45) is 0 Å². The van der Waals surface area contributed by atoms with Crippen molar-refractivity contribution < 1.29 is 9.90 Å². The summed E-state index contributed by atoms with van der Waals surface area (Å²) in [6.07, 6.45) is 0.756. The van der Waals surface area contributed by atoms with E-state index in [0.717, 1.165) is 11.8 Å². The fourth-order valence-electron chi connectivity index (χ4n) is 0.786. The number of carbonyl (C=O) groups excluding carboxylic acids is 1. The van der Waals surface area contributed by atoms with Crippen LogP contribution in [0.25, 0.3) is 0 Å². The second-order valence-electron chi connectivity index (χ2n) is 2.14. The Labute approximate surface area is 73.0 Å². The molecule has 58 valence electrons. The third kappa shape index (κ3) is 1.80. The molecule has 11 heavy (non-hydrogen) atoms. The topological polar surface area (TPSA) is 37.3 Å². The van der Waals surface area contributed by atoms with Crippen molar-refractivity contribution in [2.75, 3.05) is 0 Å². The smallest absolute Gasteiger partial charge is 0.150 e. The van der Waals surface area contributed by atoms with Gasteiger partial charge in [0.15, 0.2) is 0 Å². The second kappa shape index (κ2) is 3.53. The van der Waals surface area contributed by atoms with Crippen LogP contribution in [0.3, 0.4) is 0 Å². The Hall–Kier alpha value is -0.830. The SMILES string of the molecule is O=Cc1ccc(O)c(CBr)c1. The van der Waals surface area contributed by atoms with E-state index in [1.165, 1.54) is 6.07 Å². The number of hydrogen-bond acceptors (Lipinski definition) is 2.